The Bertz CT molecular complexity index is 1070. The van der Waals surface area contributed by atoms with Crippen LogP contribution in [0.4, 0.5) is 14.5 Å². The number of halogens is 2. The van der Waals surface area contributed by atoms with E-state index >= 15 is 0 Å². The number of hydrogen-bond donors (Lipinski definition) is 1. The Morgan fingerprint density at radius 2 is 2.10 bits per heavy atom. The van der Waals surface area contributed by atoms with Gasteiger partial charge in [0.15, 0.2) is 0 Å². The quantitative estimate of drug-likeness (QED) is 0.730. The summed E-state index contributed by atoms with van der Waals surface area (Å²) in [7, 11) is 0. The second-order valence-electron chi connectivity index (χ2n) is 6.83. The zero-order chi connectivity index (χ0) is 20.5. The Morgan fingerprint density at radius 3 is 2.90 bits per heavy atom. The van der Waals surface area contributed by atoms with Gasteiger partial charge in [0.1, 0.15) is 12.3 Å². The fourth-order valence-electron chi connectivity index (χ4n) is 3.44. The van der Waals surface area contributed by atoms with Crippen molar-refractivity contribution in [3.05, 3.63) is 54.2 Å². The highest BCUT2D eigenvalue weighted by Gasteiger charge is 2.34. The lowest BCUT2D eigenvalue weighted by molar-refractivity contribution is -0.121. The summed E-state index contributed by atoms with van der Waals surface area (Å²) in [5, 5.41) is 7.79. The number of fused-ring (bicyclic) bond motifs is 1. The number of carbonyl (C=O) groups excluding carboxylic acids is 2. The summed E-state index contributed by atoms with van der Waals surface area (Å²) < 4.78 is 29.2. The molecule has 2 amide bonds. The number of nitrogens with zero attached hydrogens (tertiary/aromatic N) is 3. The minimum Gasteiger partial charge on any atom is -0.435 e. The number of aromatic amines is 1. The van der Waals surface area contributed by atoms with Crippen LogP contribution in [0.1, 0.15) is 17.3 Å². The molecule has 1 saturated heterocycles. The van der Waals surface area contributed by atoms with Crippen molar-refractivity contribution in [2.75, 3.05) is 18.0 Å². The van der Waals surface area contributed by atoms with Crippen molar-refractivity contribution < 1.29 is 23.1 Å². The minimum atomic E-state index is -2.98. The first kappa shape index (κ1) is 18.9. The zero-order valence-corrected chi connectivity index (χ0v) is 15.5. The molecule has 0 spiro atoms. The summed E-state index contributed by atoms with van der Waals surface area (Å²) in [5.41, 5.74) is 1.73. The van der Waals surface area contributed by atoms with Gasteiger partial charge < -0.3 is 14.5 Å². The lowest BCUT2D eigenvalue weighted by Crippen LogP contribution is -2.57. The van der Waals surface area contributed by atoms with E-state index in [1.807, 2.05) is 25.1 Å². The maximum atomic E-state index is 12.9. The van der Waals surface area contributed by atoms with Gasteiger partial charge in [-0.05, 0) is 43.3 Å². The van der Waals surface area contributed by atoms with Crippen LogP contribution in [0.15, 0.2) is 48.7 Å². The number of aromatic nitrogens is 2. The van der Waals surface area contributed by atoms with Gasteiger partial charge in [0.05, 0.1) is 11.7 Å². The van der Waals surface area contributed by atoms with E-state index in [1.54, 1.807) is 11.1 Å². The van der Waals surface area contributed by atoms with Crippen LogP contribution >= 0.6 is 0 Å². The second-order valence-corrected chi connectivity index (χ2v) is 6.83. The van der Waals surface area contributed by atoms with Crippen LogP contribution in [-0.2, 0) is 4.79 Å². The molecule has 1 N–H and O–H groups in total. The predicted octanol–water partition coefficient (Wildman–Crippen LogP) is 3.04. The first-order chi connectivity index (χ1) is 13.9. The van der Waals surface area contributed by atoms with Crippen LogP contribution in [-0.4, -0.2) is 52.7 Å². The van der Waals surface area contributed by atoms with Crippen LogP contribution < -0.4 is 9.64 Å². The van der Waals surface area contributed by atoms with E-state index in [-0.39, 0.29) is 29.8 Å². The number of piperazine rings is 1. The largest absolute Gasteiger partial charge is 0.435 e. The van der Waals surface area contributed by atoms with Gasteiger partial charge in [-0.15, -0.1) is 0 Å². The number of alkyl halides is 2. The van der Waals surface area contributed by atoms with Crippen molar-refractivity contribution >= 4 is 28.4 Å². The molecule has 150 valence electrons. The summed E-state index contributed by atoms with van der Waals surface area (Å²) in [6.45, 7) is -0.930. The molecule has 1 fully saturated rings. The molecule has 7 nitrogen and oxygen atoms in total. The molecular formula is C20H18F2N4O3. The molecule has 1 aliphatic rings. The third kappa shape index (κ3) is 3.75. The normalized spacial score (nSPS) is 17.2. The van der Waals surface area contributed by atoms with Gasteiger partial charge in [0, 0.05) is 29.2 Å². The number of rotatable bonds is 4. The molecule has 0 aliphatic carbocycles. The van der Waals surface area contributed by atoms with E-state index in [2.05, 4.69) is 14.9 Å². The van der Waals surface area contributed by atoms with Gasteiger partial charge in [-0.25, -0.2) is 0 Å². The van der Waals surface area contributed by atoms with Gasteiger partial charge in [0.2, 0.25) is 5.91 Å². The molecule has 2 heterocycles. The Hall–Kier alpha value is -3.49. The third-order valence-electron chi connectivity index (χ3n) is 4.89. The van der Waals surface area contributed by atoms with Crippen LogP contribution in [0.3, 0.4) is 0 Å². The maximum absolute atomic E-state index is 12.9. The van der Waals surface area contributed by atoms with E-state index in [9.17, 15) is 18.4 Å². The molecular weight excluding hydrogens is 382 g/mol. The van der Waals surface area contributed by atoms with Crippen molar-refractivity contribution in [3.8, 4) is 5.75 Å². The topological polar surface area (TPSA) is 78.5 Å². The van der Waals surface area contributed by atoms with Gasteiger partial charge in [-0.2, -0.15) is 13.9 Å². The van der Waals surface area contributed by atoms with Crippen molar-refractivity contribution in [1.29, 1.82) is 0 Å². The number of ether oxygens (including phenoxy) is 1. The first-order valence-electron chi connectivity index (χ1n) is 9.02. The number of benzene rings is 2. The van der Waals surface area contributed by atoms with Crippen molar-refractivity contribution in [3.63, 3.8) is 0 Å². The summed E-state index contributed by atoms with van der Waals surface area (Å²) in [5.74, 6) is -0.735. The highest BCUT2D eigenvalue weighted by atomic mass is 19.3. The highest BCUT2D eigenvalue weighted by Crippen LogP contribution is 2.25. The van der Waals surface area contributed by atoms with Gasteiger partial charge in [0.25, 0.3) is 5.91 Å². The zero-order valence-electron chi connectivity index (χ0n) is 15.5. The SMILES string of the molecule is C[C@H]1CN(c2ccc3cn[nH]c3c2)C(=O)CN1C(=O)c1cccc(OC(F)F)c1. The number of H-pyrrole nitrogens is 1. The van der Waals surface area contributed by atoms with Gasteiger partial charge in [-0.3, -0.25) is 14.7 Å². The summed E-state index contributed by atoms with van der Waals surface area (Å²) >= 11 is 0. The van der Waals surface area contributed by atoms with Crippen LogP contribution in [0, 0.1) is 0 Å². The standard InChI is InChI=1S/C20H18F2N4O3/c1-12-10-26(15-6-5-14-9-23-24-17(14)8-15)18(27)11-25(12)19(28)13-3-2-4-16(7-13)29-20(21)22/h2-9,12,20H,10-11H2,1H3,(H,23,24)/t12-/m0/s1. The van der Waals surface area contributed by atoms with Crippen LogP contribution in [0.25, 0.3) is 10.9 Å². The van der Waals surface area contributed by atoms with Gasteiger partial charge in [-0.1, -0.05) is 6.07 Å². The number of hydrogen-bond acceptors (Lipinski definition) is 4. The summed E-state index contributed by atoms with van der Waals surface area (Å²) in [6.07, 6.45) is 1.70. The van der Waals surface area contributed by atoms with E-state index in [4.69, 9.17) is 0 Å². The molecule has 0 saturated carbocycles. The van der Waals surface area contributed by atoms with Crippen molar-refractivity contribution in [2.45, 2.75) is 19.6 Å². The van der Waals surface area contributed by atoms with E-state index in [0.29, 0.717) is 6.54 Å². The van der Waals surface area contributed by atoms with Crippen molar-refractivity contribution in [2.24, 2.45) is 0 Å². The predicted molar refractivity (Wildman–Crippen MR) is 102 cm³/mol. The molecule has 9 heteroatoms. The fourth-order valence-corrected chi connectivity index (χ4v) is 3.44. The van der Waals surface area contributed by atoms with Crippen molar-refractivity contribution in [1.82, 2.24) is 15.1 Å². The van der Waals surface area contributed by atoms with Crippen LogP contribution in [0.5, 0.6) is 5.75 Å². The smallest absolute Gasteiger partial charge is 0.387 e. The Labute approximate surface area is 164 Å². The Morgan fingerprint density at radius 1 is 1.28 bits per heavy atom. The molecule has 2 aromatic carbocycles. The fraction of sp³-hybridized carbons (Fsp3) is 0.250. The van der Waals surface area contributed by atoms with E-state index < -0.39 is 12.5 Å². The van der Waals surface area contributed by atoms with Crippen LogP contribution in [0.2, 0.25) is 0 Å². The van der Waals surface area contributed by atoms with Gasteiger partial charge >= 0.3 is 6.61 Å². The number of carbonyl (C=O) groups is 2. The Kier molecular flexibility index (Phi) is 4.87. The minimum absolute atomic E-state index is 0.101. The lowest BCUT2D eigenvalue weighted by atomic mass is 10.1. The summed E-state index contributed by atoms with van der Waals surface area (Å²) in [4.78, 5) is 28.7. The number of nitrogens with one attached hydrogen (secondary N) is 1. The molecule has 0 radical (unpaired) electrons. The lowest BCUT2D eigenvalue weighted by Gasteiger charge is -2.39. The second kappa shape index (κ2) is 7.50. The molecule has 1 aliphatic heterocycles. The molecule has 29 heavy (non-hydrogen) atoms. The van der Waals surface area contributed by atoms with E-state index in [1.165, 1.54) is 29.2 Å². The molecule has 4 rings (SSSR count). The average Bonchev–Trinajstić information content (AvgIpc) is 3.16. The molecule has 3 aromatic rings. The van der Waals surface area contributed by atoms with E-state index in [0.717, 1.165) is 16.6 Å². The molecule has 0 unspecified atom stereocenters. The third-order valence-corrected chi connectivity index (χ3v) is 4.89. The summed E-state index contributed by atoms with van der Waals surface area (Å²) in [6, 6.07) is 10.9. The molecule has 1 aromatic heterocycles. The first-order valence-corrected chi connectivity index (χ1v) is 9.02. The number of anilines is 1. The molecule has 0 bridgehead atoms. The monoisotopic (exact) mass is 400 g/mol. The average molecular weight is 400 g/mol. The molecule has 1 atom stereocenters. The number of amides is 2. The highest BCUT2D eigenvalue weighted by molar-refractivity contribution is 6.02. The maximum Gasteiger partial charge on any atom is 0.387 e. The Balaban J connectivity index is 1.53.